The van der Waals surface area contributed by atoms with Gasteiger partial charge in [-0.25, -0.2) is 0 Å². The zero-order valence-electron chi connectivity index (χ0n) is 11.4. The highest BCUT2D eigenvalue weighted by Crippen LogP contribution is 2.24. The summed E-state index contributed by atoms with van der Waals surface area (Å²) in [7, 11) is 0. The lowest BCUT2D eigenvalue weighted by molar-refractivity contribution is -0.140. The number of hydrogen-bond donors (Lipinski definition) is 2. The van der Waals surface area contributed by atoms with E-state index in [1.54, 1.807) is 11.8 Å². The molecule has 0 aromatic heterocycles. The molecule has 0 saturated heterocycles. The van der Waals surface area contributed by atoms with Gasteiger partial charge < -0.3 is 10.4 Å². The molecule has 1 aromatic rings. The summed E-state index contributed by atoms with van der Waals surface area (Å²) >= 11 is 5.11. The minimum atomic E-state index is -0.781. The molecule has 0 bridgehead atoms. The molecule has 1 aromatic carbocycles. The Hall–Kier alpha value is -0.520. The van der Waals surface area contributed by atoms with Gasteiger partial charge in [0.15, 0.2) is 0 Å². The predicted molar refractivity (Wildman–Crippen MR) is 83.6 cm³/mol. The summed E-state index contributed by atoms with van der Waals surface area (Å²) in [5.41, 5.74) is 1.13. The van der Waals surface area contributed by atoms with Gasteiger partial charge in [0, 0.05) is 15.9 Å². The summed E-state index contributed by atoms with van der Waals surface area (Å²) in [4.78, 5) is 12.4. The number of thioether (sulfide) groups is 1. The molecule has 0 heterocycles. The maximum atomic E-state index is 11.2. The lowest BCUT2D eigenvalue weighted by Gasteiger charge is -2.17. The maximum Gasteiger partial charge on any atom is 0.320 e. The number of carboxylic acid groups (broad SMARTS) is 1. The van der Waals surface area contributed by atoms with Gasteiger partial charge in [0.2, 0.25) is 0 Å². The van der Waals surface area contributed by atoms with Gasteiger partial charge in [0.05, 0.1) is 0 Å². The quantitative estimate of drug-likeness (QED) is 0.738. The van der Waals surface area contributed by atoms with Crippen molar-refractivity contribution in [3.63, 3.8) is 0 Å². The molecule has 0 unspecified atom stereocenters. The van der Waals surface area contributed by atoms with Crippen LogP contribution >= 0.6 is 27.7 Å². The van der Waals surface area contributed by atoms with E-state index in [0.717, 1.165) is 14.9 Å². The monoisotopic (exact) mass is 345 g/mol. The molecule has 19 heavy (non-hydrogen) atoms. The Bertz CT molecular complexity index is 437. The second-order valence-corrected chi connectivity index (χ2v) is 6.62. The third kappa shape index (κ3) is 5.55. The number of hydrogen-bond acceptors (Lipinski definition) is 3. The molecule has 0 aliphatic heterocycles. The number of aliphatic carboxylic acids is 1. The summed E-state index contributed by atoms with van der Waals surface area (Å²) in [6, 6.07) is 5.57. The van der Waals surface area contributed by atoms with E-state index >= 15 is 0 Å². The van der Waals surface area contributed by atoms with Gasteiger partial charge in [0.25, 0.3) is 0 Å². The SMILES string of the molecule is CSc1cc(Br)ccc1CN[C@H](CC(C)C)C(=O)O. The standard InChI is InChI=1S/C14H20BrNO2S/c1-9(2)6-12(14(17)18)16-8-10-4-5-11(15)7-13(10)19-3/h4-5,7,9,12,16H,6,8H2,1-3H3,(H,17,18)/t12-/m1/s1. The van der Waals surface area contributed by atoms with E-state index < -0.39 is 12.0 Å². The smallest absolute Gasteiger partial charge is 0.320 e. The van der Waals surface area contributed by atoms with Crippen molar-refractivity contribution >= 4 is 33.7 Å². The molecule has 0 saturated carbocycles. The number of nitrogens with one attached hydrogen (secondary N) is 1. The van der Waals surface area contributed by atoms with E-state index in [0.29, 0.717) is 18.9 Å². The van der Waals surface area contributed by atoms with E-state index in [1.807, 2.05) is 32.2 Å². The molecule has 0 aliphatic rings. The summed E-state index contributed by atoms with van der Waals surface area (Å²) in [6.07, 6.45) is 2.66. The van der Waals surface area contributed by atoms with Crippen LogP contribution in [0.3, 0.4) is 0 Å². The Morgan fingerprint density at radius 3 is 2.68 bits per heavy atom. The van der Waals surface area contributed by atoms with E-state index in [2.05, 4.69) is 27.3 Å². The maximum absolute atomic E-state index is 11.2. The van der Waals surface area contributed by atoms with Crippen LogP contribution in [-0.2, 0) is 11.3 Å². The van der Waals surface area contributed by atoms with Crippen LogP contribution in [-0.4, -0.2) is 23.4 Å². The Morgan fingerprint density at radius 2 is 2.16 bits per heavy atom. The Labute approximate surface area is 127 Å². The summed E-state index contributed by atoms with van der Waals surface area (Å²) in [6.45, 7) is 4.64. The fraction of sp³-hybridized carbons (Fsp3) is 0.500. The van der Waals surface area contributed by atoms with E-state index in [9.17, 15) is 9.90 Å². The van der Waals surface area contributed by atoms with Crippen LogP contribution < -0.4 is 5.32 Å². The average molecular weight is 346 g/mol. The van der Waals surface area contributed by atoms with Crippen molar-refractivity contribution < 1.29 is 9.90 Å². The average Bonchev–Trinajstić information content (AvgIpc) is 2.34. The van der Waals surface area contributed by atoms with Crippen molar-refractivity contribution in [3.05, 3.63) is 28.2 Å². The molecule has 1 rings (SSSR count). The zero-order chi connectivity index (χ0) is 14.4. The molecule has 3 nitrogen and oxygen atoms in total. The van der Waals surface area contributed by atoms with Gasteiger partial charge in [-0.05, 0) is 36.3 Å². The summed E-state index contributed by atoms with van der Waals surface area (Å²) in [5.74, 6) is -0.421. The lowest BCUT2D eigenvalue weighted by atomic mass is 10.0. The fourth-order valence-electron chi connectivity index (χ4n) is 1.84. The molecule has 0 amide bonds. The van der Waals surface area contributed by atoms with Crippen molar-refractivity contribution in [2.24, 2.45) is 5.92 Å². The molecule has 106 valence electrons. The fourth-order valence-corrected chi connectivity index (χ4v) is 3.00. The molecular weight excluding hydrogens is 326 g/mol. The van der Waals surface area contributed by atoms with Crippen LogP contribution in [0.4, 0.5) is 0 Å². The molecule has 2 N–H and O–H groups in total. The van der Waals surface area contributed by atoms with Crippen LogP contribution in [0.15, 0.2) is 27.6 Å². The van der Waals surface area contributed by atoms with Crippen molar-refractivity contribution in [2.45, 2.75) is 37.8 Å². The normalized spacial score (nSPS) is 12.7. The first-order valence-electron chi connectivity index (χ1n) is 6.22. The molecule has 0 radical (unpaired) electrons. The summed E-state index contributed by atoms with van der Waals surface area (Å²) in [5, 5.41) is 12.3. The third-order valence-electron chi connectivity index (χ3n) is 2.79. The first kappa shape index (κ1) is 16.5. The molecule has 0 aliphatic carbocycles. The first-order valence-corrected chi connectivity index (χ1v) is 8.24. The van der Waals surface area contributed by atoms with Gasteiger partial charge in [0.1, 0.15) is 6.04 Å². The van der Waals surface area contributed by atoms with E-state index in [-0.39, 0.29) is 0 Å². The molecule has 0 spiro atoms. The van der Waals surface area contributed by atoms with Crippen LogP contribution in [0.2, 0.25) is 0 Å². The number of carbonyl (C=O) groups is 1. The van der Waals surface area contributed by atoms with Crippen molar-refractivity contribution in [2.75, 3.05) is 6.26 Å². The van der Waals surface area contributed by atoms with Crippen LogP contribution in [0.1, 0.15) is 25.8 Å². The Kier molecular flexibility index (Phi) is 6.89. The van der Waals surface area contributed by atoms with Gasteiger partial charge in [-0.3, -0.25) is 4.79 Å². The van der Waals surface area contributed by atoms with Crippen LogP contribution in [0, 0.1) is 5.92 Å². The van der Waals surface area contributed by atoms with Crippen molar-refractivity contribution in [1.82, 2.24) is 5.32 Å². The van der Waals surface area contributed by atoms with E-state index in [4.69, 9.17) is 0 Å². The number of halogens is 1. The molecule has 1 atom stereocenters. The minimum Gasteiger partial charge on any atom is -0.480 e. The van der Waals surface area contributed by atoms with Crippen LogP contribution in [0.5, 0.6) is 0 Å². The molecular formula is C14H20BrNO2S. The third-order valence-corrected chi connectivity index (χ3v) is 4.11. The second kappa shape index (κ2) is 7.92. The number of carboxylic acids is 1. The Balaban J connectivity index is 2.71. The molecule has 5 heteroatoms. The van der Waals surface area contributed by atoms with Gasteiger partial charge in [-0.15, -0.1) is 11.8 Å². The minimum absolute atomic E-state index is 0.360. The number of benzene rings is 1. The number of rotatable bonds is 7. The highest BCUT2D eigenvalue weighted by atomic mass is 79.9. The first-order chi connectivity index (χ1) is 8.93. The predicted octanol–water partition coefficient (Wildman–Crippen LogP) is 3.76. The highest BCUT2D eigenvalue weighted by molar-refractivity contribution is 9.10. The van der Waals surface area contributed by atoms with Crippen LogP contribution in [0.25, 0.3) is 0 Å². The zero-order valence-corrected chi connectivity index (χ0v) is 13.8. The Morgan fingerprint density at radius 1 is 1.47 bits per heavy atom. The van der Waals surface area contributed by atoms with Crippen molar-refractivity contribution in [1.29, 1.82) is 0 Å². The second-order valence-electron chi connectivity index (χ2n) is 4.86. The van der Waals surface area contributed by atoms with Gasteiger partial charge in [-0.1, -0.05) is 35.8 Å². The van der Waals surface area contributed by atoms with Gasteiger partial charge in [-0.2, -0.15) is 0 Å². The summed E-state index contributed by atoms with van der Waals surface area (Å²) < 4.78 is 1.04. The van der Waals surface area contributed by atoms with E-state index in [1.165, 1.54) is 0 Å². The van der Waals surface area contributed by atoms with Gasteiger partial charge >= 0.3 is 5.97 Å². The van der Waals surface area contributed by atoms with Crippen molar-refractivity contribution in [3.8, 4) is 0 Å². The molecule has 0 fully saturated rings. The lowest BCUT2D eigenvalue weighted by Crippen LogP contribution is -2.37. The highest BCUT2D eigenvalue weighted by Gasteiger charge is 2.18. The topological polar surface area (TPSA) is 49.3 Å². The largest absolute Gasteiger partial charge is 0.480 e.